The quantitative estimate of drug-likeness (QED) is 0.733. The maximum Gasteiger partial charge on any atom is 0.0700 e. The van der Waals surface area contributed by atoms with Crippen molar-refractivity contribution in [3.8, 4) is 0 Å². The van der Waals surface area contributed by atoms with Gasteiger partial charge in [0.15, 0.2) is 0 Å². The van der Waals surface area contributed by atoms with Gasteiger partial charge < -0.3 is 15.4 Å². The first-order chi connectivity index (χ1) is 8.45. The molecule has 0 aliphatic carbocycles. The summed E-state index contributed by atoms with van der Waals surface area (Å²) < 4.78 is 5.80. The fourth-order valence-electron chi connectivity index (χ4n) is 2.09. The number of rotatable bonds is 6. The molecule has 3 heteroatoms. The molecule has 2 N–H and O–H groups in total. The highest BCUT2D eigenvalue weighted by molar-refractivity contribution is 5.14. The molecule has 1 aromatic carbocycles. The molecule has 1 aliphatic heterocycles. The van der Waals surface area contributed by atoms with Gasteiger partial charge in [0, 0.05) is 19.6 Å². The van der Waals surface area contributed by atoms with Crippen molar-refractivity contribution in [1.82, 2.24) is 10.6 Å². The highest BCUT2D eigenvalue weighted by atomic mass is 16.5. The lowest BCUT2D eigenvalue weighted by Gasteiger charge is -2.23. The Balaban J connectivity index is 1.51. The topological polar surface area (TPSA) is 33.3 Å². The maximum atomic E-state index is 5.80. The molecule has 0 bridgehead atoms. The minimum absolute atomic E-state index is 0.419. The molecule has 1 saturated heterocycles. The third kappa shape index (κ3) is 4.86. The third-order valence-corrected chi connectivity index (χ3v) is 3.06. The van der Waals surface area contributed by atoms with Crippen LogP contribution in [0.2, 0.25) is 0 Å². The van der Waals surface area contributed by atoms with Gasteiger partial charge in [-0.2, -0.15) is 0 Å². The molecule has 3 nitrogen and oxygen atoms in total. The summed E-state index contributed by atoms with van der Waals surface area (Å²) in [5.41, 5.74) is 1.33. The van der Waals surface area contributed by atoms with Gasteiger partial charge >= 0.3 is 0 Å². The van der Waals surface area contributed by atoms with Crippen LogP contribution in [-0.2, 0) is 11.3 Å². The Morgan fingerprint density at radius 3 is 2.94 bits per heavy atom. The zero-order chi connectivity index (χ0) is 11.8. The molecule has 0 aromatic heterocycles. The molecule has 0 saturated carbocycles. The van der Waals surface area contributed by atoms with Gasteiger partial charge in [0.25, 0.3) is 0 Å². The van der Waals surface area contributed by atoms with E-state index in [4.69, 9.17) is 4.74 Å². The van der Waals surface area contributed by atoms with Crippen molar-refractivity contribution >= 4 is 0 Å². The second kappa shape index (κ2) is 7.43. The zero-order valence-electron chi connectivity index (χ0n) is 10.3. The number of benzene rings is 1. The van der Waals surface area contributed by atoms with Crippen molar-refractivity contribution in [2.24, 2.45) is 0 Å². The summed E-state index contributed by atoms with van der Waals surface area (Å²) in [5, 5.41) is 6.75. The summed E-state index contributed by atoms with van der Waals surface area (Å²) in [6, 6.07) is 10.5. The molecule has 1 aromatic rings. The van der Waals surface area contributed by atoms with Gasteiger partial charge in [-0.15, -0.1) is 0 Å². The summed E-state index contributed by atoms with van der Waals surface area (Å²) in [5.74, 6) is 0. The van der Waals surface area contributed by atoms with E-state index >= 15 is 0 Å². The minimum Gasteiger partial charge on any atom is -0.376 e. The van der Waals surface area contributed by atoms with Gasteiger partial charge in [-0.05, 0) is 24.9 Å². The van der Waals surface area contributed by atoms with Gasteiger partial charge in [0.2, 0.25) is 0 Å². The van der Waals surface area contributed by atoms with Crippen LogP contribution in [0.5, 0.6) is 0 Å². The van der Waals surface area contributed by atoms with Crippen LogP contribution in [0.25, 0.3) is 0 Å². The second-order valence-electron chi connectivity index (χ2n) is 4.50. The van der Waals surface area contributed by atoms with E-state index in [0.717, 1.165) is 32.8 Å². The van der Waals surface area contributed by atoms with Gasteiger partial charge in [-0.3, -0.25) is 0 Å². The molecule has 0 radical (unpaired) electrons. The lowest BCUT2D eigenvalue weighted by molar-refractivity contribution is 0.0388. The molecule has 0 amide bonds. The summed E-state index contributed by atoms with van der Waals surface area (Å²) in [6.45, 7) is 4.81. The van der Waals surface area contributed by atoms with E-state index in [9.17, 15) is 0 Å². The molecule has 0 spiro atoms. The first kappa shape index (κ1) is 12.6. The van der Waals surface area contributed by atoms with Gasteiger partial charge in [-0.1, -0.05) is 30.3 Å². The van der Waals surface area contributed by atoms with Crippen molar-refractivity contribution in [1.29, 1.82) is 0 Å². The molecular weight excluding hydrogens is 212 g/mol. The van der Waals surface area contributed by atoms with Gasteiger partial charge in [0.05, 0.1) is 12.7 Å². The molecule has 1 aliphatic rings. The van der Waals surface area contributed by atoms with Crippen LogP contribution >= 0.6 is 0 Å². The maximum absolute atomic E-state index is 5.80. The Labute approximate surface area is 104 Å². The molecule has 94 valence electrons. The van der Waals surface area contributed by atoms with Crippen LogP contribution in [0.3, 0.4) is 0 Å². The van der Waals surface area contributed by atoms with Crippen LogP contribution in [0.1, 0.15) is 18.4 Å². The van der Waals surface area contributed by atoms with E-state index in [2.05, 4.69) is 34.9 Å². The minimum atomic E-state index is 0.419. The predicted octanol–water partition coefficient (Wildman–Crippen LogP) is 1.54. The molecule has 17 heavy (non-hydrogen) atoms. The van der Waals surface area contributed by atoms with Gasteiger partial charge in [0.1, 0.15) is 0 Å². The van der Waals surface area contributed by atoms with E-state index in [1.165, 1.54) is 18.4 Å². The Hall–Kier alpha value is -0.900. The average molecular weight is 234 g/mol. The van der Waals surface area contributed by atoms with E-state index in [1.807, 2.05) is 6.07 Å². The van der Waals surface area contributed by atoms with Crippen LogP contribution in [0, 0.1) is 0 Å². The second-order valence-corrected chi connectivity index (χ2v) is 4.50. The van der Waals surface area contributed by atoms with Crippen LogP contribution in [0.4, 0.5) is 0 Å². The fraction of sp³-hybridized carbons (Fsp3) is 0.571. The van der Waals surface area contributed by atoms with Gasteiger partial charge in [-0.25, -0.2) is 0 Å². The number of ether oxygens (including phenoxy) is 1. The average Bonchev–Trinajstić information content (AvgIpc) is 2.41. The van der Waals surface area contributed by atoms with E-state index in [1.54, 1.807) is 0 Å². The summed E-state index contributed by atoms with van der Waals surface area (Å²) in [6.07, 6.45) is 2.86. The SMILES string of the molecule is c1ccc(CNCCOC2CCCNC2)cc1. The molecular formula is C14H22N2O. The van der Waals surface area contributed by atoms with E-state index < -0.39 is 0 Å². The van der Waals surface area contributed by atoms with Crippen molar-refractivity contribution in [3.05, 3.63) is 35.9 Å². The first-order valence-corrected chi connectivity index (χ1v) is 6.52. The van der Waals surface area contributed by atoms with Crippen molar-refractivity contribution in [2.75, 3.05) is 26.2 Å². The molecule has 2 rings (SSSR count). The van der Waals surface area contributed by atoms with Crippen molar-refractivity contribution < 1.29 is 4.74 Å². The summed E-state index contributed by atoms with van der Waals surface area (Å²) >= 11 is 0. The lowest BCUT2D eigenvalue weighted by atomic mass is 10.1. The molecule has 1 atom stereocenters. The highest BCUT2D eigenvalue weighted by Crippen LogP contribution is 2.05. The smallest absolute Gasteiger partial charge is 0.0700 e. The van der Waals surface area contributed by atoms with Crippen molar-refractivity contribution in [3.63, 3.8) is 0 Å². The van der Waals surface area contributed by atoms with Crippen LogP contribution in [-0.4, -0.2) is 32.3 Å². The highest BCUT2D eigenvalue weighted by Gasteiger charge is 2.12. The summed E-state index contributed by atoms with van der Waals surface area (Å²) in [4.78, 5) is 0. The monoisotopic (exact) mass is 234 g/mol. The predicted molar refractivity (Wildman–Crippen MR) is 70.0 cm³/mol. The zero-order valence-corrected chi connectivity index (χ0v) is 10.3. The first-order valence-electron chi connectivity index (χ1n) is 6.52. The van der Waals surface area contributed by atoms with E-state index in [0.29, 0.717) is 6.10 Å². The number of piperidine rings is 1. The number of hydrogen-bond donors (Lipinski definition) is 2. The van der Waals surface area contributed by atoms with Crippen LogP contribution < -0.4 is 10.6 Å². The Morgan fingerprint density at radius 1 is 1.29 bits per heavy atom. The van der Waals surface area contributed by atoms with E-state index in [-0.39, 0.29) is 0 Å². The third-order valence-electron chi connectivity index (χ3n) is 3.06. The molecule has 1 unspecified atom stereocenters. The Bertz CT molecular complexity index is 296. The number of hydrogen-bond acceptors (Lipinski definition) is 3. The lowest BCUT2D eigenvalue weighted by Crippen LogP contribution is -2.36. The summed E-state index contributed by atoms with van der Waals surface area (Å²) in [7, 11) is 0. The normalized spacial score (nSPS) is 20.4. The largest absolute Gasteiger partial charge is 0.376 e. The molecule has 1 heterocycles. The Kier molecular flexibility index (Phi) is 5.49. The number of nitrogens with one attached hydrogen (secondary N) is 2. The Morgan fingerprint density at radius 2 is 2.18 bits per heavy atom. The fourth-order valence-corrected chi connectivity index (χ4v) is 2.09. The molecule has 1 fully saturated rings. The standard InChI is InChI=1S/C14H22N2O/c1-2-5-13(6-3-1)11-16-9-10-17-14-7-4-8-15-12-14/h1-3,5-6,14-16H,4,7-12H2. The van der Waals surface area contributed by atoms with Crippen LogP contribution in [0.15, 0.2) is 30.3 Å². The van der Waals surface area contributed by atoms with Crippen molar-refractivity contribution in [2.45, 2.75) is 25.5 Å².